The van der Waals surface area contributed by atoms with E-state index in [9.17, 15) is 4.39 Å². The van der Waals surface area contributed by atoms with E-state index in [4.69, 9.17) is 11.6 Å². The first kappa shape index (κ1) is 9.81. The van der Waals surface area contributed by atoms with Gasteiger partial charge in [0.15, 0.2) is 0 Å². The second kappa shape index (κ2) is 4.67. The summed E-state index contributed by atoms with van der Waals surface area (Å²) in [6.45, 7) is 0. The van der Waals surface area contributed by atoms with Gasteiger partial charge < -0.3 is 0 Å². The van der Waals surface area contributed by atoms with Gasteiger partial charge in [-0.05, 0) is 30.1 Å². The number of aromatic nitrogens is 1. The minimum atomic E-state index is -0.574. The van der Waals surface area contributed by atoms with Crippen LogP contribution in [0, 0.1) is 5.95 Å². The van der Waals surface area contributed by atoms with Gasteiger partial charge in [0.1, 0.15) is 0 Å². The zero-order chi connectivity index (χ0) is 8.97. The Morgan fingerprint density at radius 1 is 1.67 bits per heavy atom. The summed E-state index contributed by atoms with van der Waals surface area (Å²) < 4.78 is 12.8. The highest BCUT2D eigenvalue weighted by atomic mass is 35.5. The van der Waals surface area contributed by atoms with Crippen LogP contribution >= 0.6 is 23.4 Å². The van der Waals surface area contributed by atoms with E-state index in [1.165, 1.54) is 6.20 Å². The van der Waals surface area contributed by atoms with E-state index in [0.29, 0.717) is 0 Å². The molecule has 0 spiro atoms. The maximum Gasteiger partial charge on any atom is 0.231 e. The number of halogens is 2. The molecule has 0 unspecified atom stereocenters. The summed E-state index contributed by atoms with van der Waals surface area (Å²) in [4.78, 5) is 3.44. The molecule has 0 radical (unpaired) electrons. The van der Waals surface area contributed by atoms with Crippen LogP contribution in [-0.4, -0.2) is 17.0 Å². The Balaban J connectivity index is 2.78. The van der Waals surface area contributed by atoms with Crippen LogP contribution < -0.4 is 0 Å². The number of pyridine rings is 1. The van der Waals surface area contributed by atoms with Crippen LogP contribution in [0.25, 0.3) is 0 Å². The molecular weight excluding hydrogens is 197 g/mol. The SMILES string of the molecule is CSCCc1ccnc(F)c1Cl. The lowest BCUT2D eigenvalue weighted by molar-refractivity contribution is 0.582. The van der Waals surface area contributed by atoms with Gasteiger partial charge in [0.05, 0.1) is 5.02 Å². The van der Waals surface area contributed by atoms with E-state index in [2.05, 4.69) is 4.98 Å². The number of aryl methyl sites for hydroxylation is 1. The second-order valence-electron chi connectivity index (χ2n) is 2.32. The second-order valence-corrected chi connectivity index (χ2v) is 3.68. The summed E-state index contributed by atoms with van der Waals surface area (Å²) in [6.07, 6.45) is 4.24. The molecule has 1 nitrogen and oxygen atoms in total. The highest BCUT2D eigenvalue weighted by molar-refractivity contribution is 7.98. The van der Waals surface area contributed by atoms with Crippen molar-refractivity contribution >= 4 is 23.4 Å². The first-order valence-electron chi connectivity index (χ1n) is 3.53. The number of rotatable bonds is 3. The molecule has 0 bridgehead atoms. The molecule has 0 amide bonds. The van der Waals surface area contributed by atoms with Crippen molar-refractivity contribution in [2.75, 3.05) is 12.0 Å². The lowest BCUT2D eigenvalue weighted by Gasteiger charge is -2.01. The third kappa shape index (κ3) is 2.35. The summed E-state index contributed by atoms with van der Waals surface area (Å²) in [5.41, 5.74) is 0.832. The quantitative estimate of drug-likeness (QED) is 0.704. The monoisotopic (exact) mass is 205 g/mol. The van der Waals surface area contributed by atoms with E-state index in [1.807, 2.05) is 6.26 Å². The van der Waals surface area contributed by atoms with Crippen molar-refractivity contribution in [2.24, 2.45) is 0 Å². The van der Waals surface area contributed by atoms with Crippen LogP contribution in [-0.2, 0) is 6.42 Å². The minimum absolute atomic E-state index is 0.159. The number of nitrogens with zero attached hydrogens (tertiary/aromatic N) is 1. The van der Waals surface area contributed by atoms with Crippen molar-refractivity contribution in [2.45, 2.75) is 6.42 Å². The fraction of sp³-hybridized carbons (Fsp3) is 0.375. The summed E-state index contributed by atoms with van der Waals surface area (Å²) >= 11 is 7.39. The molecule has 0 atom stereocenters. The first-order valence-corrected chi connectivity index (χ1v) is 5.30. The molecule has 12 heavy (non-hydrogen) atoms. The summed E-state index contributed by atoms with van der Waals surface area (Å²) in [5, 5.41) is 0.159. The van der Waals surface area contributed by atoms with Crippen molar-refractivity contribution in [3.63, 3.8) is 0 Å². The maximum absolute atomic E-state index is 12.8. The van der Waals surface area contributed by atoms with E-state index >= 15 is 0 Å². The van der Waals surface area contributed by atoms with Crippen molar-refractivity contribution in [3.8, 4) is 0 Å². The fourth-order valence-electron chi connectivity index (χ4n) is 0.860. The van der Waals surface area contributed by atoms with E-state index in [0.717, 1.165) is 17.7 Å². The Morgan fingerprint density at radius 2 is 2.42 bits per heavy atom. The van der Waals surface area contributed by atoms with Crippen LogP contribution in [0.4, 0.5) is 4.39 Å². The van der Waals surface area contributed by atoms with Crippen molar-refractivity contribution in [3.05, 3.63) is 28.8 Å². The van der Waals surface area contributed by atoms with Crippen LogP contribution in [0.15, 0.2) is 12.3 Å². The first-order chi connectivity index (χ1) is 5.75. The fourth-order valence-corrected chi connectivity index (χ4v) is 1.49. The Morgan fingerprint density at radius 3 is 3.08 bits per heavy atom. The summed E-state index contributed by atoms with van der Waals surface area (Å²) in [5.74, 6) is 0.374. The third-order valence-corrected chi connectivity index (χ3v) is 2.51. The Hall–Kier alpha value is -0.280. The van der Waals surface area contributed by atoms with Crippen molar-refractivity contribution in [1.82, 2.24) is 4.98 Å². The summed E-state index contributed by atoms with van der Waals surface area (Å²) in [7, 11) is 0. The molecule has 1 heterocycles. The lowest BCUT2D eigenvalue weighted by Crippen LogP contribution is -1.93. The molecule has 0 aliphatic carbocycles. The van der Waals surface area contributed by atoms with Crippen molar-refractivity contribution < 1.29 is 4.39 Å². The molecular formula is C8H9ClFNS. The van der Waals surface area contributed by atoms with Gasteiger partial charge in [0.25, 0.3) is 0 Å². The average molecular weight is 206 g/mol. The zero-order valence-electron chi connectivity index (χ0n) is 6.68. The van der Waals surface area contributed by atoms with Gasteiger partial charge in [-0.2, -0.15) is 16.2 Å². The highest BCUT2D eigenvalue weighted by Gasteiger charge is 2.05. The molecule has 0 aromatic carbocycles. The molecule has 0 N–H and O–H groups in total. The van der Waals surface area contributed by atoms with Gasteiger partial charge in [-0.3, -0.25) is 0 Å². The Bertz CT molecular complexity index is 267. The molecule has 0 aliphatic rings. The van der Waals surface area contributed by atoms with Crippen LogP contribution in [0.3, 0.4) is 0 Å². The van der Waals surface area contributed by atoms with Crippen LogP contribution in [0.2, 0.25) is 5.02 Å². The van der Waals surface area contributed by atoms with Gasteiger partial charge in [-0.15, -0.1) is 0 Å². The highest BCUT2D eigenvalue weighted by Crippen LogP contribution is 2.18. The molecule has 1 rings (SSSR count). The van der Waals surface area contributed by atoms with Gasteiger partial charge in [-0.25, -0.2) is 4.98 Å². The normalized spacial score (nSPS) is 10.2. The molecule has 1 aromatic heterocycles. The largest absolute Gasteiger partial charge is 0.231 e. The van der Waals surface area contributed by atoms with Crippen molar-refractivity contribution in [1.29, 1.82) is 0 Å². The van der Waals surface area contributed by atoms with Gasteiger partial charge in [-0.1, -0.05) is 11.6 Å². The van der Waals surface area contributed by atoms with E-state index in [1.54, 1.807) is 17.8 Å². The zero-order valence-corrected chi connectivity index (χ0v) is 8.25. The molecule has 66 valence electrons. The predicted octanol–water partition coefficient (Wildman–Crippen LogP) is 2.78. The van der Waals surface area contributed by atoms with Gasteiger partial charge >= 0.3 is 0 Å². The van der Waals surface area contributed by atoms with Gasteiger partial charge in [0, 0.05) is 6.20 Å². The van der Waals surface area contributed by atoms with Crippen LogP contribution in [0.5, 0.6) is 0 Å². The molecule has 0 fully saturated rings. The number of hydrogen-bond donors (Lipinski definition) is 0. The van der Waals surface area contributed by atoms with E-state index in [-0.39, 0.29) is 5.02 Å². The Labute approximate surface area is 80.3 Å². The standard InChI is InChI=1S/C8H9ClFNS/c1-12-5-3-6-2-4-11-8(10)7(6)9/h2,4H,3,5H2,1H3. The molecule has 1 aromatic rings. The Kier molecular flexibility index (Phi) is 3.82. The number of hydrogen-bond acceptors (Lipinski definition) is 2. The van der Waals surface area contributed by atoms with Crippen LogP contribution in [0.1, 0.15) is 5.56 Å². The predicted molar refractivity (Wildman–Crippen MR) is 51.3 cm³/mol. The topological polar surface area (TPSA) is 12.9 Å². The molecule has 0 saturated carbocycles. The van der Waals surface area contributed by atoms with Gasteiger partial charge in [0.2, 0.25) is 5.95 Å². The third-order valence-electron chi connectivity index (χ3n) is 1.50. The smallest absolute Gasteiger partial charge is 0.227 e. The molecule has 4 heteroatoms. The molecule has 0 aliphatic heterocycles. The number of thioether (sulfide) groups is 1. The lowest BCUT2D eigenvalue weighted by atomic mass is 10.2. The average Bonchev–Trinajstić information content (AvgIpc) is 2.08. The molecule has 0 saturated heterocycles. The minimum Gasteiger partial charge on any atom is -0.227 e. The maximum atomic E-state index is 12.8. The summed E-state index contributed by atoms with van der Waals surface area (Å²) in [6, 6.07) is 1.75. The van der Waals surface area contributed by atoms with E-state index < -0.39 is 5.95 Å².